The van der Waals surface area contributed by atoms with Gasteiger partial charge in [-0.25, -0.2) is 0 Å². The fourth-order valence-corrected chi connectivity index (χ4v) is 2.22. The second-order valence-corrected chi connectivity index (χ2v) is 4.69. The molecule has 1 rings (SSSR count). The van der Waals surface area contributed by atoms with E-state index in [0.717, 1.165) is 5.92 Å². The van der Waals surface area contributed by atoms with Gasteiger partial charge >= 0.3 is 0 Å². The fraction of sp³-hybridized carbons (Fsp3) is 1.00. The molecular weight excluding hydrogens is 178 g/mol. The highest BCUT2D eigenvalue weighted by atomic mass is 16.3. The Kier molecular flexibility index (Phi) is 4.85. The predicted octanol–water partition coefficient (Wildman–Crippen LogP) is 0.850. The highest BCUT2D eigenvalue weighted by Crippen LogP contribution is 2.26. The first kappa shape index (κ1) is 12.0. The van der Waals surface area contributed by atoms with Crippen LogP contribution in [0.5, 0.6) is 0 Å². The quantitative estimate of drug-likeness (QED) is 0.708. The summed E-state index contributed by atoms with van der Waals surface area (Å²) in [5, 5.41) is 18.1. The standard InChI is InChI=1S/C11H23NO2/c1-9-3-5-10(6-4-9)12(2)7-11(14)8-13/h9-11,13-14H,3-8H2,1-2H3. The van der Waals surface area contributed by atoms with Gasteiger partial charge in [-0.05, 0) is 38.6 Å². The van der Waals surface area contributed by atoms with Gasteiger partial charge in [0.15, 0.2) is 0 Å². The Morgan fingerprint density at radius 1 is 1.29 bits per heavy atom. The second-order valence-electron chi connectivity index (χ2n) is 4.69. The van der Waals surface area contributed by atoms with Crippen LogP contribution in [0.3, 0.4) is 0 Å². The minimum Gasteiger partial charge on any atom is -0.394 e. The van der Waals surface area contributed by atoms with Gasteiger partial charge in [-0.1, -0.05) is 6.92 Å². The molecule has 1 aliphatic carbocycles. The van der Waals surface area contributed by atoms with E-state index in [9.17, 15) is 5.11 Å². The largest absolute Gasteiger partial charge is 0.394 e. The molecule has 84 valence electrons. The van der Waals surface area contributed by atoms with Crippen LogP contribution in [0.25, 0.3) is 0 Å². The lowest BCUT2D eigenvalue weighted by Crippen LogP contribution is -2.40. The monoisotopic (exact) mass is 201 g/mol. The van der Waals surface area contributed by atoms with Gasteiger partial charge in [-0.2, -0.15) is 0 Å². The number of hydrogen-bond acceptors (Lipinski definition) is 3. The van der Waals surface area contributed by atoms with Crippen molar-refractivity contribution in [2.45, 2.75) is 44.8 Å². The van der Waals surface area contributed by atoms with Crippen molar-refractivity contribution in [3.05, 3.63) is 0 Å². The molecule has 0 amide bonds. The maximum atomic E-state index is 9.32. The Labute approximate surface area is 86.7 Å². The lowest BCUT2D eigenvalue weighted by Gasteiger charge is -2.34. The van der Waals surface area contributed by atoms with Crippen LogP contribution < -0.4 is 0 Å². The molecule has 3 heteroatoms. The molecule has 1 aliphatic rings. The van der Waals surface area contributed by atoms with Crippen molar-refractivity contribution in [1.82, 2.24) is 4.90 Å². The van der Waals surface area contributed by atoms with Crippen LogP contribution in [-0.2, 0) is 0 Å². The van der Waals surface area contributed by atoms with Gasteiger partial charge < -0.3 is 15.1 Å². The molecule has 0 saturated heterocycles. The van der Waals surface area contributed by atoms with Crippen LogP contribution in [0.15, 0.2) is 0 Å². The molecule has 1 saturated carbocycles. The molecule has 1 unspecified atom stereocenters. The summed E-state index contributed by atoms with van der Waals surface area (Å²) in [4.78, 5) is 2.19. The number of aliphatic hydroxyl groups excluding tert-OH is 2. The van der Waals surface area contributed by atoms with Gasteiger partial charge in [-0.15, -0.1) is 0 Å². The van der Waals surface area contributed by atoms with E-state index in [-0.39, 0.29) is 6.61 Å². The van der Waals surface area contributed by atoms with Crippen molar-refractivity contribution in [2.75, 3.05) is 20.2 Å². The number of nitrogens with zero attached hydrogens (tertiary/aromatic N) is 1. The molecule has 14 heavy (non-hydrogen) atoms. The number of hydrogen-bond donors (Lipinski definition) is 2. The van der Waals surface area contributed by atoms with E-state index in [1.165, 1.54) is 25.7 Å². The predicted molar refractivity (Wildman–Crippen MR) is 57.1 cm³/mol. The smallest absolute Gasteiger partial charge is 0.0897 e. The molecule has 1 atom stereocenters. The summed E-state index contributed by atoms with van der Waals surface area (Å²) in [6.07, 6.45) is 4.47. The van der Waals surface area contributed by atoms with Crippen LogP contribution in [0.1, 0.15) is 32.6 Å². The lowest BCUT2D eigenvalue weighted by molar-refractivity contribution is 0.0457. The van der Waals surface area contributed by atoms with E-state index >= 15 is 0 Å². The first-order valence-electron chi connectivity index (χ1n) is 5.62. The zero-order valence-corrected chi connectivity index (χ0v) is 9.32. The van der Waals surface area contributed by atoms with Crippen LogP contribution in [0.2, 0.25) is 0 Å². The molecule has 0 spiro atoms. The maximum Gasteiger partial charge on any atom is 0.0897 e. The first-order chi connectivity index (χ1) is 6.63. The number of aliphatic hydroxyl groups is 2. The van der Waals surface area contributed by atoms with Crippen LogP contribution in [-0.4, -0.2) is 47.5 Å². The number of likely N-dealkylation sites (N-methyl/N-ethyl adjacent to an activating group) is 1. The Morgan fingerprint density at radius 3 is 2.36 bits per heavy atom. The van der Waals surface area contributed by atoms with Gasteiger partial charge in [0.2, 0.25) is 0 Å². The molecule has 1 fully saturated rings. The first-order valence-corrected chi connectivity index (χ1v) is 5.62. The third kappa shape index (κ3) is 3.56. The van der Waals surface area contributed by atoms with Crippen molar-refractivity contribution < 1.29 is 10.2 Å². The zero-order chi connectivity index (χ0) is 10.6. The van der Waals surface area contributed by atoms with Crippen LogP contribution >= 0.6 is 0 Å². The third-order valence-corrected chi connectivity index (χ3v) is 3.32. The molecule has 0 aromatic carbocycles. The molecule has 0 aromatic heterocycles. The van der Waals surface area contributed by atoms with Crippen LogP contribution in [0, 0.1) is 5.92 Å². The number of rotatable bonds is 4. The summed E-state index contributed by atoms with van der Waals surface area (Å²) in [5.41, 5.74) is 0. The van der Waals surface area contributed by atoms with Gasteiger partial charge in [-0.3, -0.25) is 0 Å². The second kappa shape index (κ2) is 5.69. The van der Waals surface area contributed by atoms with Gasteiger partial charge in [0.25, 0.3) is 0 Å². The summed E-state index contributed by atoms with van der Waals surface area (Å²) in [7, 11) is 2.04. The molecule has 0 aromatic rings. The Hall–Kier alpha value is -0.120. The van der Waals surface area contributed by atoms with E-state index in [4.69, 9.17) is 5.11 Å². The molecule has 0 aliphatic heterocycles. The van der Waals surface area contributed by atoms with E-state index in [2.05, 4.69) is 11.8 Å². The Bertz CT molecular complexity index is 155. The summed E-state index contributed by atoms with van der Waals surface area (Å²) in [6, 6.07) is 0.604. The molecular formula is C11H23NO2. The molecule has 0 bridgehead atoms. The van der Waals surface area contributed by atoms with Crippen molar-refractivity contribution in [3.63, 3.8) is 0 Å². The van der Waals surface area contributed by atoms with Crippen molar-refractivity contribution in [3.8, 4) is 0 Å². The van der Waals surface area contributed by atoms with Crippen molar-refractivity contribution in [1.29, 1.82) is 0 Å². The van der Waals surface area contributed by atoms with Gasteiger partial charge in [0.1, 0.15) is 0 Å². The average Bonchev–Trinajstić information content (AvgIpc) is 2.18. The van der Waals surface area contributed by atoms with Crippen LogP contribution in [0.4, 0.5) is 0 Å². The van der Waals surface area contributed by atoms with Gasteiger partial charge in [0.05, 0.1) is 12.7 Å². The summed E-state index contributed by atoms with van der Waals surface area (Å²) in [5.74, 6) is 0.863. The molecule has 2 N–H and O–H groups in total. The minimum absolute atomic E-state index is 0.131. The minimum atomic E-state index is -0.584. The normalized spacial score (nSPS) is 30.6. The summed E-state index contributed by atoms with van der Waals surface area (Å²) in [6.45, 7) is 2.77. The Balaban J connectivity index is 2.26. The summed E-state index contributed by atoms with van der Waals surface area (Å²) < 4.78 is 0. The average molecular weight is 201 g/mol. The molecule has 3 nitrogen and oxygen atoms in total. The van der Waals surface area contributed by atoms with E-state index in [1.54, 1.807) is 0 Å². The van der Waals surface area contributed by atoms with E-state index in [1.807, 2.05) is 7.05 Å². The highest BCUT2D eigenvalue weighted by Gasteiger charge is 2.22. The SMILES string of the molecule is CC1CCC(N(C)CC(O)CO)CC1. The van der Waals surface area contributed by atoms with Gasteiger partial charge in [0, 0.05) is 12.6 Å². The fourth-order valence-electron chi connectivity index (χ4n) is 2.22. The van der Waals surface area contributed by atoms with Crippen molar-refractivity contribution >= 4 is 0 Å². The van der Waals surface area contributed by atoms with E-state index in [0.29, 0.717) is 12.6 Å². The Morgan fingerprint density at radius 2 is 1.86 bits per heavy atom. The van der Waals surface area contributed by atoms with E-state index < -0.39 is 6.10 Å². The molecule has 0 radical (unpaired) electrons. The summed E-state index contributed by atoms with van der Waals surface area (Å²) >= 11 is 0. The maximum absolute atomic E-state index is 9.32. The molecule has 0 heterocycles. The highest BCUT2D eigenvalue weighted by molar-refractivity contribution is 4.77. The van der Waals surface area contributed by atoms with Crippen molar-refractivity contribution in [2.24, 2.45) is 5.92 Å². The lowest BCUT2D eigenvalue weighted by atomic mass is 9.87. The zero-order valence-electron chi connectivity index (χ0n) is 9.32. The third-order valence-electron chi connectivity index (χ3n) is 3.32. The topological polar surface area (TPSA) is 43.7 Å².